The molecule has 0 bridgehead atoms. The van der Waals surface area contributed by atoms with Gasteiger partial charge in [-0.25, -0.2) is 0 Å². The van der Waals surface area contributed by atoms with Crippen LogP contribution in [0.15, 0.2) is 48.5 Å². The van der Waals surface area contributed by atoms with Crippen molar-refractivity contribution in [2.45, 2.75) is 26.3 Å². The number of halogens is 1. The highest BCUT2D eigenvalue weighted by atomic mass is 35.5. The minimum Gasteiger partial charge on any atom is -0.379 e. The SMILES string of the molecule is CCC(=O)c1ccc(NC(C)c2ccc(Cl)cc2)cc1. The van der Waals surface area contributed by atoms with E-state index in [-0.39, 0.29) is 11.8 Å². The number of carbonyl (C=O) groups is 1. The second-order valence-corrected chi connectivity index (χ2v) is 5.21. The molecule has 0 aromatic heterocycles. The molecular weight excluding hydrogens is 270 g/mol. The minimum absolute atomic E-state index is 0.169. The molecule has 20 heavy (non-hydrogen) atoms. The van der Waals surface area contributed by atoms with Crippen LogP contribution in [-0.4, -0.2) is 5.78 Å². The third-order valence-electron chi connectivity index (χ3n) is 3.28. The van der Waals surface area contributed by atoms with Crippen molar-refractivity contribution < 1.29 is 4.79 Å². The predicted molar refractivity (Wildman–Crippen MR) is 84.6 cm³/mol. The lowest BCUT2D eigenvalue weighted by Crippen LogP contribution is -2.06. The van der Waals surface area contributed by atoms with Crippen LogP contribution in [0, 0.1) is 0 Å². The highest BCUT2D eigenvalue weighted by molar-refractivity contribution is 6.30. The third-order valence-corrected chi connectivity index (χ3v) is 3.53. The van der Waals surface area contributed by atoms with Gasteiger partial charge in [-0.2, -0.15) is 0 Å². The number of rotatable bonds is 5. The number of hydrogen-bond acceptors (Lipinski definition) is 2. The van der Waals surface area contributed by atoms with Crippen molar-refractivity contribution in [3.8, 4) is 0 Å². The van der Waals surface area contributed by atoms with Crippen LogP contribution in [0.3, 0.4) is 0 Å². The van der Waals surface area contributed by atoms with E-state index in [1.165, 1.54) is 5.56 Å². The number of carbonyl (C=O) groups excluding carboxylic acids is 1. The molecule has 3 heteroatoms. The first kappa shape index (κ1) is 14.6. The highest BCUT2D eigenvalue weighted by Gasteiger charge is 2.06. The van der Waals surface area contributed by atoms with Crippen LogP contribution >= 0.6 is 11.6 Å². The van der Waals surface area contributed by atoms with Gasteiger partial charge in [0.1, 0.15) is 0 Å². The average Bonchev–Trinajstić information content (AvgIpc) is 2.48. The topological polar surface area (TPSA) is 29.1 Å². The standard InChI is InChI=1S/C17H18ClNO/c1-3-17(20)14-6-10-16(11-7-14)19-12(2)13-4-8-15(18)9-5-13/h4-12,19H,3H2,1-2H3. The fourth-order valence-electron chi connectivity index (χ4n) is 2.04. The van der Waals surface area contributed by atoms with Gasteiger partial charge in [-0.1, -0.05) is 30.7 Å². The Bertz CT molecular complexity index is 575. The summed E-state index contributed by atoms with van der Waals surface area (Å²) in [6, 6.07) is 15.6. The number of ketones is 1. The van der Waals surface area contributed by atoms with Gasteiger partial charge in [-0.05, 0) is 48.9 Å². The fraction of sp³-hybridized carbons (Fsp3) is 0.235. The predicted octanol–water partition coefficient (Wildman–Crippen LogP) is 5.11. The number of hydrogen-bond donors (Lipinski definition) is 1. The van der Waals surface area contributed by atoms with Crippen molar-refractivity contribution in [3.63, 3.8) is 0 Å². The molecule has 0 aliphatic carbocycles. The van der Waals surface area contributed by atoms with Gasteiger partial charge in [0.05, 0.1) is 0 Å². The summed E-state index contributed by atoms with van der Waals surface area (Å²) in [6.45, 7) is 3.96. The van der Waals surface area contributed by atoms with E-state index >= 15 is 0 Å². The Hall–Kier alpha value is -1.80. The molecule has 0 aliphatic heterocycles. The zero-order valence-corrected chi connectivity index (χ0v) is 12.4. The summed E-state index contributed by atoms with van der Waals surface area (Å²) in [5.74, 6) is 0.169. The second-order valence-electron chi connectivity index (χ2n) is 4.77. The molecule has 2 aromatic carbocycles. The molecule has 0 aliphatic rings. The largest absolute Gasteiger partial charge is 0.379 e. The van der Waals surface area contributed by atoms with Crippen molar-refractivity contribution >= 4 is 23.1 Å². The Labute approximate surface area is 124 Å². The molecule has 1 atom stereocenters. The quantitative estimate of drug-likeness (QED) is 0.775. The summed E-state index contributed by atoms with van der Waals surface area (Å²) >= 11 is 5.88. The van der Waals surface area contributed by atoms with Crippen LogP contribution in [-0.2, 0) is 0 Å². The molecule has 1 N–H and O–H groups in total. The van der Waals surface area contributed by atoms with Gasteiger partial charge in [0.25, 0.3) is 0 Å². The van der Waals surface area contributed by atoms with Crippen molar-refractivity contribution in [2.24, 2.45) is 0 Å². The first-order chi connectivity index (χ1) is 9.60. The first-order valence-corrected chi connectivity index (χ1v) is 7.13. The van der Waals surface area contributed by atoms with E-state index in [9.17, 15) is 4.79 Å². The summed E-state index contributed by atoms with van der Waals surface area (Å²) in [5.41, 5.74) is 2.93. The Morgan fingerprint density at radius 1 is 1.10 bits per heavy atom. The molecule has 0 spiro atoms. The second kappa shape index (κ2) is 6.58. The first-order valence-electron chi connectivity index (χ1n) is 6.75. The maximum atomic E-state index is 11.6. The van der Waals surface area contributed by atoms with Crippen LogP contribution in [0.5, 0.6) is 0 Å². The summed E-state index contributed by atoms with van der Waals surface area (Å²) in [7, 11) is 0. The molecule has 0 amide bonds. The van der Waals surface area contributed by atoms with E-state index in [4.69, 9.17) is 11.6 Å². The maximum absolute atomic E-state index is 11.6. The van der Waals surface area contributed by atoms with E-state index in [0.717, 1.165) is 16.3 Å². The molecule has 0 heterocycles. The van der Waals surface area contributed by atoms with Crippen LogP contribution in [0.25, 0.3) is 0 Å². The molecule has 2 rings (SSSR count). The van der Waals surface area contributed by atoms with Gasteiger partial charge in [-0.3, -0.25) is 4.79 Å². The Kier molecular flexibility index (Phi) is 4.80. The van der Waals surface area contributed by atoms with Crippen LogP contribution < -0.4 is 5.32 Å². The van der Waals surface area contributed by atoms with E-state index in [2.05, 4.69) is 12.2 Å². The van der Waals surface area contributed by atoms with Gasteiger partial charge >= 0.3 is 0 Å². The minimum atomic E-state index is 0.169. The maximum Gasteiger partial charge on any atom is 0.162 e. The number of benzene rings is 2. The zero-order chi connectivity index (χ0) is 14.5. The molecule has 0 saturated heterocycles. The molecule has 2 nitrogen and oxygen atoms in total. The zero-order valence-electron chi connectivity index (χ0n) is 11.7. The molecule has 2 aromatic rings. The molecular formula is C17H18ClNO. The summed E-state index contributed by atoms with van der Waals surface area (Å²) in [6.07, 6.45) is 0.536. The number of nitrogens with one attached hydrogen (secondary N) is 1. The smallest absolute Gasteiger partial charge is 0.162 e. The summed E-state index contributed by atoms with van der Waals surface area (Å²) < 4.78 is 0. The van der Waals surface area contributed by atoms with Crippen molar-refractivity contribution in [3.05, 3.63) is 64.7 Å². The highest BCUT2D eigenvalue weighted by Crippen LogP contribution is 2.21. The molecule has 0 fully saturated rings. The monoisotopic (exact) mass is 287 g/mol. The lowest BCUT2D eigenvalue weighted by molar-refractivity contribution is 0.0988. The van der Waals surface area contributed by atoms with Gasteiger partial charge in [-0.15, -0.1) is 0 Å². The fourth-order valence-corrected chi connectivity index (χ4v) is 2.17. The Balaban J connectivity index is 2.06. The van der Waals surface area contributed by atoms with E-state index in [1.54, 1.807) is 0 Å². The molecule has 1 unspecified atom stereocenters. The molecule has 0 radical (unpaired) electrons. The number of anilines is 1. The van der Waals surface area contributed by atoms with Gasteiger partial charge < -0.3 is 5.32 Å². The van der Waals surface area contributed by atoms with Gasteiger partial charge in [0.2, 0.25) is 0 Å². The van der Waals surface area contributed by atoms with E-state index in [1.807, 2.05) is 55.5 Å². The van der Waals surface area contributed by atoms with Gasteiger partial charge in [0.15, 0.2) is 5.78 Å². The summed E-state index contributed by atoms with van der Waals surface area (Å²) in [5, 5.41) is 4.15. The van der Waals surface area contributed by atoms with Crippen molar-refractivity contribution in [1.29, 1.82) is 0 Å². The lowest BCUT2D eigenvalue weighted by atomic mass is 10.1. The van der Waals surface area contributed by atoms with Crippen LogP contribution in [0.1, 0.15) is 42.2 Å². The van der Waals surface area contributed by atoms with Crippen LogP contribution in [0.4, 0.5) is 5.69 Å². The van der Waals surface area contributed by atoms with Crippen LogP contribution in [0.2, 0.25) is 5.02 Å². The van der Waals surface area contributed by atoms with Gasteiger partial charge in [0, 0.05) is 28.7 Å². The van der Waals surface area contributed by atoms with Crippen molar-refractivity contribution in [1.82, 2.24) is 0 Å². The van der Waals surface area contributed by atoms with E-state index in [0.29, 0.717) is 6.42 Å². The summed E-state index contributed by atoms with van der Waals surface area (Å²) in [4.78, 5) is 11.6. The normalized spacial score (nSPS) is 11.9. The Morgan fingerprint density at radius 2 is 1.70 bits per heavy atom. The molecule has 0 saturated carbocycles. The lowest BCUT2D eigenvalue weighted by Gasteiger charge is -2.16. The molecule has 104 valence electrons. The Morgan fingerprint density at radius 3 is 2.25 bits per heavy atom. The average molecular weight is 288 g/mol. The van der Waals surface area contributed by atoms with E-state index < -0.39 is 0 Å². The van der Waals surface area contributed by atoms with Crippen molar-refractivity contribution in [2.75, 3.05) is 5.32 Å². The third kappa shape index (κ3) is 3.61. The number of Topliss-reactive ketones (excluding diaryl/α,β-unsaturated/α-hetero) is 1.